The first-order valence-corrected chi connectivity index (χ1v) is 7.19. The zero-order chi connectivity index (χ0) is 15.5. The number of nitrogens with one attached hydrogen (secondary N) is 2. The molecular formula is C15H23N3O3. The average molecular weight is 293 g/mol. The Morgan fingerprint density at radius 1 is 1.24 bits per heavy atom. The molecule has 0 aliphatic rings. The first kappa shape index (κ1) is 17.3. The summed E-state index contributed by atoms with van der Waals surface area (Å²) in [6.45, 7) is 2.54. The van der Waals surface area contributed by atoms with Crippen molar-refractivity contribution in [3.8, 4) is 0 Å². The van der Waals surface area contributed by atoms with Crippen molar-refractivity contribution in [3.05, 3.63) is 34.7 Å². The Labute approximate surface area is 124 Å². The molecule has 1 amide bonds. The Hall–Kier alpha value is -1.79. The number of carbonyl (C=O) groups excluding carboxylic acids is 1. The van der Waals surface area contributed by atoms with Crippen molar-refractivity contribution >= 4 is 11.6 Å². The minimum atomic E-state index is -0.596. The van der Waals surface area contributed by atoms with Gasteiger partial charge in [-0.25, -0.2) is 0 Å². The second kappa shape index (κ2) is 10.0. The first-order chi connectivity index (χ1) is 10.1. The van der Waals surface area contributed by atoms with E-state index in [2.05, 4.69) is 15.8 Å². The zero-order valence-corrected chi connectivity index (χ0v) is 12.3. The molecule has 0 bridgehead atoms. The van der Waals surface area contributed by atoms with Crippen LogP contribution in [0.4, 0.5) is 5.69 Å². The maximum Gasteiger partial charge on any atom is 0.221 e. The number of hydrogen-bond acceptors (Lipinski definition) is 5. The number of amides is 1. The van der Waals surface area contributed by atoms with Crippen molar-refractivity contribution in [2.45, 2.75) is 38.8 Å². The summed E-state index contributed by atoms with van der Waals surface area (Å²) in [4.78, 5) is 20.8. The van der Waals surface area contributed by atoms with Crippen LogP contribution in [-0.4, -0.2) is 30.3 Å². The molecular weight excluding hydrogens is 270 g/mol. The van der Waals surface area contributed by atoms with Crippen LogP contribution in [0.2, 0.25) is 0 Å². The Morgan fingerprint density at radius 3 is 2.57 bits per heavy atom. The summed E-state index contributed by atoms with van der Waals surface area (Å²) in [6.07, 6.45) is 2.55. The van der Waals surface area contributed by atoms with Crippen LogP contribution in [0.1, 0.15) is 31.7 Å². The topological polar surface area (TPSA) is 90.8 Å². The quantitative estimate of drug-likeness (QED) is 0.350. The summed E-state index contributed by atoms with van der Waals surface area (Å²) in [5.74, 6) is -0.103. The number of rotatable bonds is 10. The van der Waals surface area contributed by atoms with E-state index in [1.165, 1.54) is 6.92 Å². The second-order valence-corrected chi connectivity index (χ2v) is 4.97. The largest absolute Gasteiger partial charge is 0.378 e. The molecule has 0 fully saturated rings. The third-order valence-corrected chi connectivity index (χ3v) is 3.01. The predicted molar refractivity (Wildman–Crippen MR) is 83.0 cm³/mol. The molecule has 0 aliphatic carbocycles. The molecule has 3 N–H and O–H groups in total. The smallest absolute Gasteiger partial charge is 0.221 e. The molecule has 21 heavy (non-hydrogen) atoms. The van der Waals surface area contributed by atoms with Gasteiger partial charge in [0.05, 0.1) is 6.54 Å². The maximum absolute atomic E-state index is 10.9. The summed E-state index contributed by atoms with van der Waals surface area (Å²) in [7, 11) is 0. The van der Waals surface area contributed by atoms with Crippen LogP contribution in [0.3, 0.4) is 0 Å². The number of aliphatic hydroxyl groups is 1. The van der Waals surface area contributed by atoms with E-state index >= 15 is 0 Å². The highest BCUT2D eigenvalue weighted by molar-refractivity contribution is 5.88. The van der Waals surface area contributed by atoms with Gasteiger partial charge in [-0.3, -0.25) is 10.1 Å². The molecule has 6 nitrogen and oxygen atoms in total. The van der Waals surface area contributed by atoms with Crippen LogP contribution in [0.25, 0.3) is 0 Å². The fourth-order valence-electron chi connectivity index (χ4n) is 1.97. The van der Waals surface area contributed by atoms with Gasteiger partial charge in [0.1, 0.15) is 6.23 Å². The zero-order valence-electron chi connectivity index (χ0n) is 12.3. The van der Waals surface area contributed by atoms with Crippen LogP contribution in [0, 0.1) is 4.91 Å². The summed E-state index contributed by atoms with van der Waals surface area (Å²) >= 11 is 0. The van der Waals surface area contributed by atoms with Crippen molar-refractivity contribution in [3.63, 3.8) is 0 Å². The van der Waals surface area contributed by atoms with Crippen molar-refractivity contribution in [1.29, 1.82) is 0 Å². The molecule has 0 heterocycles. The van der Waals surface area contributed by atoms with Crippen molar-refractivity contribution in [1.82, 2.24) is 5.32 Å². The van der Waals surface area contributed by atoms with E-state index in [-0.39, 0.29) is 5.91 Å². The molecule has 0 spiro atoms. The van der Waals surface area contributed by atoms with Crippen LogP contribution in [0.5, 0.6) is 0 Å². The highest BCUT2D eigenvalue weighted by Crippen LogP contribution is 2.10. The lowest BCUT2D eigenvalue weighted by atomic mass is 10.1. The van der Waals surface area contributed by atoms with Crippen LogP contribution in [-0.2, 0) is 11.2 Å². The molecule has 0 saturated carbocycles. The highest BCUT2D eigenvalue weighted by Gasteiger charge is 2.04. The van der Waals surface area contributed by atoms with E-state index in [4.69, 9.17) is 0 Å². The van der Waals surface area contributed by atoms with Crippen molar-refractivity contribution in [2.24, 2.45) is 5.18 Å². The van der Waals surface area contributed by atoms with Crippen LogP contribution < -0.4 is 10.6 Å². The van der Waals surface area contributed by atoms with Gasteiger partial charge in [0.2, 0.25) is 5.91 Å². The molecule has 0 aliphatic heterocycles. The summed E-state index contributed by atoms with van der Waals surface area (Å²) < 4.78 is 0. The minimum Gasteiger partial charge on any atom is -0.378 e. The average Bonchev–Trinajstić information content (AvgIpc) is 2.44. The van der Waals surface area contributed by atoms with E-state index in [0.29, 0.717) is 19.5 Å². The fourth-order valence-corrected chi connectivity index (χ4v) is 1.97. The van der Waals surface area contributed by atoms with Gasteiger partial charge in [0.25, 0.3) is 0 Å². The van der Waals surface area contributed by atoms with Crippen LogP contribution >= 0.6 is 0 Å². The highest BCUT2D eigenvalue weighted by atomic mass is 16.3. The fraction of sp³-hybridized carbons (Fsp3) is 0.533. The maximum atomic E-state index is 10.9. The Balaban J connectivity index is 2.23. The Bertz CT molecular complexity index is 434. The second-order valence-electron chi connectivity index (χ2n) is 4.97. The molecule has 1 unspecified atom stereocenters. The lowest BCUT2D eigenvalue weighted by Crippen LogP contribution is -2.31. The number of nitrogens with zero attached hydrogens (tertiary/aromatic N) is 1. The third-order valence-electron chi connectivity index (χ3n) is 3.01. The normalized spacial score (nSPS) is 11.9. The van der Waals surface area contributed by atoms with Gasteiger partial charge in [-0.15, -0.1) is 0 Å². The minimum absolute atomic E-state index is 0.103. The molecule has 0 aromatic heterocycles. The SMILES string of the molecule is CC(=O)Nc1ccc(CC(O)NCCCCCN=O)cc1. The van der Waals surface area contributed by atoms with Crippen LogP contribution in [0.15, 0.2) is 29.4 Å². The monoisotopic (exact) mass is 293 g/mol. The molecule has 6 heteroatoms. The Morgan fingerprint density at radius 2 is 1.95 bits per heavy atom. The van der Waals surface area contributed by atoms with Gasteiger partial charge >= 0.3 is 0 Å². The van der Waals surface area contributed by atoms with E-state index in [1.807, 2.05) is 24.3 Å². The summed E-state index contributed by atoms with van der Waals surface area (Å²) in [5, 5.41) is 18.4. The molecule has 1 rings (SSSR count). The van der Waals surface area contributed by atoms with E-state index < -0.39 is 6.23 Å². The van der Waals surface area contributed by atoms with Gasteiger partial charge in [-0.1, -0.05) is 23.7 Å². The van der Waals surface area contributed by atoms with Gasteiger partial charge in [-0.05, 0) is 37.1 Å². The number of carbonyl (C=O) groups is 1. The molecule has 116 valence electrons. The van der Waals surface area contributed by atoms with Gasteiger partial charge in [-0.2, -0.15) is 4.91 Å². The predicted octanol–water partition coefficient (Wildman–Crippen LogP) is 2.03. The number of benzene rings is 1. The number of hydrogen-bond donors (Lipinski definition) is 3. The summed E-state index contributed by atoms with van der Waals surface area (Å²) in [5.41, 5.74) is 1.74. The van der Waals surface area contributed by atoms with Gasteiger partial charge < -0.3 is 10.4 Å². The van der Waals surface area contributed by atoms with E-state index in [9.17, 15) is 14.8 Å². The summed E-state index contributed by atoms with van der Waals surface area (Å²) in [6, 6.07) is 7.39. The van der Waals surface area contributed by atoms with Crippen molar-refractivity contribution < 1.29 is 9.90 Å². The number of nitroso groups, excluding NO2 is 1. The lowest BCUT2D eigenvalue weighted by molar-refractivity contribution is -0.114. The number of unbranched alkanes of at least 4 members (excludes halogenated alkanes) is 2. The molecule has 1 aromatic rings. The molecule has 0 saturated heterocycles. The third kappa shape index (κ3) is 8.16. The Kier molecular flexibility index (Phi) is 8.23. The molecule has 1 aromatic carbocycles. The van der Waals surface area contributed by atoms with E-state index in [0.717, 1.165) is 30.5 Å². The number of aliphatic hydroxyl groups excluding tert-OH is 1. The molecule has 1 atom stereocenters. The van der Waals surface area contributed by atoms with Crippen molar-refractivity contribution in [2.75, 3.05) is 18.4 Å². The standard InChI is InChI=1S/C15H23N3O3/c1-12(19)18-14-7-5-13(6-8-14)11-15(20)16-9-3-2-4-10-17-21/h5-8,15-16,20H,2-4,9-11H2,1H3,(H,18,19). The van der Waals surface area contributed by atoms with Gasteiger partial charge in [0.15, 0.2) is 0 Å². The molecule has 0 radical (unpaired) electrons. The van der Waals surface area contributed by atoms with E-state index in [1.54, 1.807) is 0 Å². The first-order valence-electron chi connectivity index (χ1n) is 7.19. The van der Waals surface area contributed by atoms with Gasteiger partial charge in [0, 0.05) is 19.0 Å². The lowest BCUT2D eigenvalue weighted by Gasteiger charge is -2.13. The number of anilines is 1.